The number of halogens is 1. The van der Waals surface area contributed by atoms with Gasteiger partial charge in [0, 0.05) is 22.6 Å². The van der Waals surface area contributed by atoms with Crippen molar-refractivity contribution in [3.63, 3.8) is 0 Å². The van der Waals surface area contributed by atoms with Gasteiger partial charge in [-0.25, -0.2) is 0 Å². The summed E-state index contributed by atoms with van der Waals surface area (Å²) in [6.45, 7) is 3.89. The predicted molar refractivity (Wildman–Crippen MR) is 122 cm³/mol. The third-order valence-corrected chi connectivity index (χ3v) is 5.40. The van der Waals surface area contributed by atoms with Crippen LogP contribution < -0.4 is 15.5 Å². The second-order valence-electron chi connectivity index (χ2n) is 7.56. The fourth-order valence-corrected chi connectivity index (χ4v) is 4.01. The monoisotopic (exact) mass is 472 g/mol. The lowest BCUT2D eigenvalue weighted by Gasteiger charge is -2.29. The number of benzene rings is 2. The van der Waals surface area contributed by atoms with Crippen molar-refractivity contribution in [2.45, 2.75) is 26.3 Å². The molecule has 30 heavy (non-hydrogen) atoms. The van der Waals surface area contributed by atoms with E-state index in [0.29, 0.717) is 11.4 Å². The van der Waals surface area contributed by atoms with Crippen LogP contribution in [0.4, 0.5) is 17.1 Å². The molecule has 1 aliphatic rings. The zero-order valence-corrected chi connectivity index (χ0v) is 18.8. The van der Waals surface area contributed by atoms with E-state index in [0.717, 1.165) is 15.7 Å². The summed E-state index contributed by atoms with van der Waals surface area (Å²) in [4.78, 5) is 40.9. The molecule has 0 spiro atoms. The lowest BCUT2D eigenvalue weighted by molar-refractivity contribution is -0.121. The van der Waals surface area contributed by atoms with Crippen molar-refractivity contribution in [1.82, 2.24) is 4.90 Å². The smallest absolute Gasteiger partial charge is 0.241 e. The lowest BCUT2D eigenvalue weighted by atomic mass is 10.1. The van der Waals surface area contributed by atoms with Gasteiger partial charge in [-0.3, -0.25) is 19.3 Å². The highest BCUT2D eigenvalue weighted by Crippen LogP contribution is 2.31. The van der Waals surface area contributed by atoms with Crippen LogP contribution in [0.25, 0.3) is 0 Å². The van der Waals surface area contributed by atoms with Crippen LogP contribution in [0, 0.1) is 6.92 Å². The van der Waals surface area contributed by atoms with Gasteiger partial charge >= 0.3 is 0 Å². The summed E-state index contributed by atoms with van der Waals surface area (Å²) in [7, 11) is 1.73. The van der Waals surface area contributed by atoms with Gasteiger partial charge in [0.25, 0.3) is 0 Å². The molecule has 0 unspecified atom stereocenters. The number of nitrogens with one attached hydrogen (secondary N) is 2. The number of carbonyl (C=O) groups is 3. The minimum Gasteiger partial charge on any atom is -0.325 e. The Kier molecular flexibility index (Phi) is 6.89. The van der Waals surface area contributed by atoms with E-state index in [1.807, 2.05) is 50.2 Å². The minimum absolute atomic E-state index is 0.0552. The van der Waals surface area contributed by atoms with Gasteiger partial charge in [-0.1, -0.05) is 28.1 Å². The Bertz CT molecular complexity index is 979. The van der Waals surface area contributed by atoms with E-state index >= 15 is 0 Å². The molecule has 0 aromatic heterocycles. The summed E-state index contributed by atoms with van der Waals surface area (Å²) in [5.74, 6) is -0.485. The van der Waals surface area contributed by atoms with Crippen LogP contribution in [-0.4, -0.2) is 48.8 Å². The van der Waals surface area contributed by atoms with Gasteiger partial charge in [0.2, 0.25) is 17.7 Å². The summed E-state index contributed by atoms with van der Waals surface area (Å²) in [5.41, 5.74) is 2.97. The first-order valence-electron chi connectivity index (χ1n) is 9.70. The third-order valence-electron chi connectivity index (χ3n) is 4.91. The van der Waals surface area contributed by atoms with E-state index in [-0.39, 0.29) is 43.3 Å². The average molecular weight is 473 g/mol. The Morgan fingerprint density at radius 1 is 1.23 bits per heavy atom. The molecule has 2 aromatic carbocycles. The van der Waals surface area contributed by atoms with Crippen molar-refractivity contribution in [1.29, 1.82) is 0 Å². The van der Waals surface area contributed by atoms with E-state index < -0.39 is 0 Å². The van der Waals surface area contributed by atoms with E-state index in [4.69, 9.17) is 0 Å². The number of amides is 3. The van der Waals surface area contributed by atoms with E-state index in [1.165, 1.54) is 0 Å². The fourth-order valence-electron chi connectivity index (χ4n) is 3.53. The molecule has 0 saturated carbocycles. The molecule has 0 radical (unpaired) electrons. The molecule has 1 heterocycles. The number of para-hydroxylation sites is 2. The van der Waals surface area contributed by atoms with Crippen molar-refractivity contribution in [2.75, 3.05) is 35.7 Å². The summed E-state index contributed by atoms with van der Waals surface area (Å²) < 4.78 is 0.945. The van der Waals surface area contributed by atoms with Gasteiger partial charge in [-0.15, -0.1) is 0 Å². The number of aryl methyl sites for hydroxylation is 1. The van der Waals surface area contributed by atoms with Crippen LogP contribution in [0.1, 0.15) is 18.9 Å². The largest absolute Gasteiger partial charge is 0.325 e. The minimum atomic E-state index is -0.284. The highest BCUT2D eigenvalue weighted by molar-refractivity contribution is 9.10. The number of carbonyl (C=O) groups excluding carboxylic acids is 3. The topological polar surface area (TPSA) is 81.8 Å². The molecule has 3 amide bonds. The average Bonchev–Trinajstić information content (AvgIpc) is 2.77. The number of hydrogen-bond donors (Lipinski definition) is 2. The Balaban J connectivity index is 1.66. The molecule has 0 fully saturated rings. The van der Waals surface area contributed by atoms with E-state index in [2.05, 4.69) is 26.6 Å². The summed E-state index contributed by atoms with van der Waals surface area (Å²) in [6.07, 6.45) is 0.216. The van der Waals surface area contributed by atoms with Gasteiger partial charge in [0.05, 0.1) is 24.5 Å². The molecular formula is C22H25BrN4O3. The second kappa shape index (κ2) is 9.40. The second-order valence-corrected chi connectivity index (χ2v) is 8.48. The summed E-state index contributed by atoms with van der Waals surface area (Å²) >= 11 is 3.40. The molecule has 3 rings (SSSR count). The number of rotatable bonds is 5. The highest BCUT2D eigenvalue weighted by Gasteiger charge is 2.30. The van der Waals surface area contributed by atoms with Crippen LogP contribution in [-0.2, 0) is 14.4 Å². The van der Waals surface area contributed by atoms with Gasteiger partial charge < -0.3 is 15.5 Å². The lowest BCUT2D eigenvalue weighted by Crippen LogP contribution is -2.45. The molecular weight excluding hydrogens is 448 g/mol. The van der Waals surface area contributed by atoms with Crippen LogP contribution >= 0.6 is 15.9 Å². The molecule has 7 nitrogen and oxygen atoms in total. The molecule has 0 saturated heterocycles. The Labute approximate surface area is 184 Å². The molecule has 2 N–H and O–H groups in total. The first kappa shape index (κ1) is 22.0. The van der Waals surface area contributed by atoms with Gasteiger partial charge in [-0.05, 0) is 56.8 Å². The van der Waals surface area contributed by atoms with Crippen LogP contribution in [0.3, 0.4) is 0 Å². The van der Waals surface area contributed by atoms with Gasteiger partial charge in [0.1, 0.15) is 0 Å². The predicted octanol–water partition coefficient (Wildman–Crippen LogP) is 3.39. The van der Waals surface area contributed by atoms with E-state index in [9.17, 15) is 14.4 Å². The maximum absolute atomic E-state index is 13.1. The first-order valence-corrected chi connectivity index (χ1v) is 10.5. The maximum Gasteiger partial charge on any atom is 0.241 e. The zero-order valence-electron chi connectivity index (χ0n) is 17.2. The van der Waals surface area contributed by atoms with Gasteiger partial charge in [-0.2, -0.15) is 0 Å². The van der Waals surface area contributed by atoms with E-state index in [1.54, 1.807) is 22.9 Å². The SMILES string of the molecule is Cc1cc(Br)ccc1NC(=O)CN(C)CC(=O)N1c2ccccc2NC(=O)C[C@@H]1C. The Morgan fingerprint density at radius 3 is 2.70 bits per heavy atom. The van der Waals surface area contributed by atoms with Crippen molar-refractivity contribution in [2.24, 2.45) is 0 Å². The highest BCUT2D eigenvalue weighted by atomic mass is 79.9. The molecule has 0 aliphatic carbocycles. The quantitative estimate of drug-likeness (QED) is 0.698. The molecule has 0 bridgehead atoms. The number of likely N-dealkylation sites (N-methyl/N-ethyl adjacent to an activating group) is 1. The van der Waals surface area contributed by atoms with Crippen LogP contribution in [0.15, 0.2) is 46.9 Å². The Morgan fingerprint density at radius 2 is 1.97 bits per heavy atom. The molecule has 1 atom stereocenters. The van der Waals surface area contributed by atoms with Crippen LogP contribution in [0.5, 0.6) is 0 Å². The fraction of sp³-hybridized carbons (Fsp3) is 0.318. The molecule has 158 valence electrons. The number of anilines is 3. The maximum atomic E-state index is 13.1. The summed E-state index contributed by atoms with van der Waals surface area (Å²) in [6, 6.07) is 12.6. The van der Waals surface area contributed by atoms with Crippen molar-refractivity contribution in [3.05, 3.63) is 52.5 Å². The van der Waals surface area contributed by atoms with Crippen molar-refractivity contribution < 1.29 is 14.4 Å². The van der Waals surface area contributed by atoms with Crippen molar-refractivity contribution >= 4 is 50.7 Å². The zero-order chi connectivity index (χ0) is 21.8. The standard InChI is InChI=1S/C22H25BrN4O3/c1-14-10-16(23)8-9-17(14)24-21(29)12-26(3)13-22(30)27-15(2)11-20(28)25-18-6-4-5-7-19(18)27/h4-10,15H,11-13H2,1-3H3,(H,24,29)(H,25,28)/t15-/m0/s1. The third kappa shape index (κ3) is 5.25. The normalized spacial score (nSPS) is 16.0. The molecule has 2 aromatic rings. The number of nitrogens with zero attached hydrogens (tertiary/aromatic N) is 2. The molecule has 1 aliphatic heterocycles. The summed E-state index contributed by atoms with van der Waals surface area (Å²) in [5, 5.41) is 5.73. The molecule has 8 heteroatoms. The van der Waals surface area contributed by atoms with Crippen LogP contribution in [0.2, 0.25) is 0 Å². The number of fused-ring (bicyclic) bond motifs is 1. The van der Waals surface area contributed by atoms with Gasteiger partial charge in [0.15, 0.2) is 0 Å². The van der Waals surface area contributed by atoms with Crippen molar-refractivity contribution in [3.8, 4) is 0 Å². The first-order chi connectivity index (χ1) is 14.2. The Hall–Kier alpha value is -2.71. The number of hydrogen-bond acceptors (Lipinski definition) is 4.